The van der Waals surface area contributed by atoms with E-state index in [-0.39, 0.29) is 17.7 Å². The van der Waals surface area contributed by atoms with Crippen molar-refractivity contribution in [1.29, 1.82) is 0 Å². The summed E-state index contributed by atoms with van der Waals surface area (Å²) in [5.41, 5.74) is 1.08. The van der Waals surface area contributed by atoms with Gasteiger partial charge in [-0.3, -0.25) is 14.4 Å². The van der Waals surface area contributed by atoms with Crippen LogP contribution in [0.5, 0.6) is 0 Å². The molecule has 2 fully saturated rings. The third-order valence-corrected chi connectivity index (χ3v) is 5.48. The lowest BCUT2D eigenvalue weighted by Gasteiger charge is -2.39. The predicted octanol–water partition coefficient (Wildman–Crippen LogP) is 1.63. The highest BCUT2D eigenvalue weighted by atomic mass is 16.5. The lowest BCUT2D eigenvalue weighted by molar-refractivity contribution is -0.138. The van der Waals surface area contributed by atoms with E-state index in [0.29, 0.717) is 56.9 Å². The molecule has 7 heteroatoms. The standard InChI is InChI=1S/C21H29N3O4/c1-3-4-5-18-21(27)22(2)10-11-24(18)20(26)17-8-6-16(7-9-17)19(25)23-12-14-28-15-13-23/h6-9,18H,3-5,10-15H2,1-2H3. The highest BCUT2D eigenvalue weighted by Gasteiger charge is 2.35. The van der Waals surface area contributed by atoms with Crippen LogP contribution in [-0.4, -0.2) is 84.9 Å². The second kappa shape index (κ2) is 9.19. The number of benzene rings is 1. The Balaban J connectivity index is 1.72. The number of carbonyl (C=O) groups excluding carboxylic acids is 3. The molecule has 0 spiro atoms. The maximum absolute atomic E-state index is 13.1. The van der Waals surface area contributed by atoms with Crippen molar-refractivity contribution < 1.29 is 19.1 Å². The van der Waals surface area contributed by atoms with Gasteiger partial charge in [0.15, 0.2) is 0 Å². The molecule has 1 aromatic carbocycles. The second-order valence-corrected chi connectivity index (χ2v) is 7.40. The topological polar surface area (TPSA) is 70.2 Å². The van der Waals surface area contributed by atoms with E-state index in [1.807, 2.05) is 0 Å². The average Bonchev–Trinajstić information content (AvgIpc) is 2.74. The van der Waals surface area contributed by atoms with Crippen LogP contribution in [0.2, 0.25) is 0 Å². The first-order chi connectivity index (χ1) is 13.5. The summed E-state index contributed by atoms with van der Waals surface area (Å²) >= 11 is 0. The molecule has 0 N–H and O–H groups in total. The fourth-order valence-corrected chi connectivity index (χ4v) is 3.70. The molecule has 1 atom stereocenters. The Bertz CT molecular complexity index is 713. The van der Waals surface area contributed by atoms with Crippen molar-refractivity contribution in [3.05, 3.63) is 35.4 Å². The largest absolute Gasteiger partial charge is 0.378 e. The monoisotopic (exact) mass is 387 g/mol. The molecule has 28 heavy (non-hydrogen) atoms. The molecule has 2 heterocycles. The lowest BCUT2D eigenvalue weighted by atomic mass is 10.0. The van der Waals surface area contributed by atoms with E-state index in [0.717, 1.165) is 12.8 Å². The fraction of sp³-hybridized carbons (Fsp3) is 0.571. The molecule has 2 aliphatic rings. The number of amides is 3. The molecule has 0 saturated carbocycles. The van der Waals surface area contributed by atoms with Gasteiger partial charge < -0.3 is 19.4 Å². The van der Waals surface area contributed by atoms with E-state index >= 15 is 0 Å². The number of carbonyl (C=O) groups is 3. The molecule has 3 rings (SSSR count). The first kappa shape index (κ1) is 20.3. The average molecular weight is 387 g/mol. The molecule has 2 aliphatic heterocycles. The van der Waals surface area contributed by atoms with Gasteiger partial charge in [-0.05, 0) is 30.7 Å². The maximum atomic E-state index is 13.1. The minimum Gasteiger partial charge on any atom is -0.378 e. The van der Waals surface area contributed by atoms with Gasteiger partial charge >= 0.3 is 0 Å². The number of rotatable bonds is 5. The third-order valence-electron chi connectivity index (χ3n) is 5.48. The number of hydrogen-bond donors (Lipinski definition) is 0. The third kappa shape index (κ3) is 4.35. The molecule has 1 aromatic rings. The van der Waals surface area contributed by atoms with Crippen molar-refractivity contribution >= 4 is 17.7 Å². The van der Waals surface area contributed by atoms with Crippen LogP contribution in [0.3, 0.4) is 0 Å². The van der Waals surface area contributed by atoms with Gasteiger partial charge in [0, 0.05) is 44.4 Å². The van der Waals surface area contributed by atoms with Crippen LogP contribution in [0.4, 0.5) is 0 Å². The molecule has 0 radical (unpaired) electrons. The number of hydrogen-bond acceptors (Lipinski definition) is 4. The SMILES string of the molecule is CCCCC1C(=O)N(C)CCN1C(=O)c1ccc(C(=O)N2CCOCC2)cc1. The van der Waals surface area contributed by atoms with E-state index < -0.39 is 6.04 Å². The molecule has 152 valence electrons. The van der Waals surface area contributed by atoms with Crippen molar-refractivity contribution in [2.45, 2.75) is 32.2 Å². The quantitative estimate of drug-likeness (QED) is 0.770. The Labute approximate surface area is 166 Å². The zero-order valence-corrected chi connectivity index (χ0v) is 16.7. The Kier molecular flexibility index (Phi) is 6.67. The summed E-state index contributed by atoms with van der Waals surface area (Å²) in [7, 11) is 1.79. The number of nitrogens with zero attached hydrogens (tertiary/aromatic N) is 3. The van der Waals surface area contributed by atoms with Crippen LogP contribution in [-0.2, 0) is 9.53 Å². The van der Waals surface area contributed by atoms with E-state index in [9.17, 15) is 14.4 Å². The van der Waals surface area contributed by atoms with E-state index in [4.69, 9.17) is 4.74 Å². The van der Waals surface area contributed by atoms with Gasteiger partial charge in [-0.25, -0.2) is 0 Å². The van der Waals surface area contributed by atoms with Gasteiger partial charge in [0.25, 0.3) is 11.8 Å². The van der Waals surface area contributed by atoms with E-state index in [2.05, 4.69) is 6.92 Å². The van der Waals surface area contributed by atoms with Gasteiger partial charge in [0.05, 0.1) is 13.2 Å². The molecule has 0 bridgehead atoms. The minimum absolute atomic E-state index is 0.00663. The minimum atomic E-state index is -0.402. The highest BCUT2D eigenvalue weighted by Crippen LogP contribution is 2.20. The molecular formula is C21H29N3O4. The molecule has 2 saturated heterocycles. The summed E-state index contributed by atoms with van der Waals surface area (Å²) in [5.74, 6) is -0.182. The molecule has 3 amide bonds. The van der Waals surface area contributed by atoms with Gasteiger partial charge in [-0.2, -0.15) is 0 Å². The van der Waals surface area contributed by atoms with Gasteiger partial charge in [-0.1, -0.05) is 19.8 Å². The van der Waals surface area contributed by atoms with Gasteiger partial charge in [0.1, 0.15) is 6.04 Å². The summed E-state index contributed by atoms with van der Waals surface area (Å²) in [4.78, 5) is 43.3. The van der Waals surface area contributed by atoms with Crippen molar-refractivity contribution in [2.75, 3.05) is 46.4 Å². The molecular weight excluding hydrogens is 358 g/mol. The fourth-order valence-electron chi connectivity index (χ4n) is 3.70. The van der Waals surface area contributed by atoms with Crippen LogP contribution in [0, 0.1) is 0 Å². The number of morpholine rings is 1. The predicted molar refractivity (Wildman–Crippen MR) is 105 cm³/mol. The first-order valence-electron chi connectivity index (χ1n) is 10.1. The Morgan fingerprint density at radius 3 is 2.21 bits per heavy atom. The Morgan fingerprint density at radius 2 is 1.61 bits per heavy atom. The summed E-state index contributed by atoms with van der Waals surface area (Å²) in [6.07, 6.45) is 2.56. The number of ether oxygens (including phenoxy) is 1. The Morgan fingerprint density at radius 1 is 1.00 bits per heavy atom. The van der Waals surface area contributed by atoms with Crippen molar-refractivity contribution in [3.63, 3.8) is 0 Å². The first-order valence-corrected chi connectivity index (χ1v) is 10.1. The van der Waals surface area contributed by atoms with E-state index in [1.165, 1.54) is 0 Å². The number of piperazine rings is 1. The summed E-state index contributed by atoms with van der Waals surface area (Å²) in [6.45, 7) is 5.43. The maximum Gasteiger partial charge on any atom is 0.254 e. The highest BCUT2D eigenvalue weighted by molar-refractivity contribution is 6.00. The number of likely N-dealkylation sites (N-methyl/N-ethyl adjacent to an activating group) is 1. The smallest absolute Gasteiger partial charge is 0.254 e. The van der Waals surface area contributed by atoms with Crippen LogP contribution in [0.1, 0.15) is 46.9 Å². The molecule has 1 unspecified atom stereocenters. The lowest BCUT2D eigenvalue weighted by Crippen LogP contribution is -2.57. The van der Waals surface area contributed by atoms with E-state index in [1.54, 1.807) is 46.0 Å². The van der Waals surface area contributed by atoms with Gasteiger partial charge in [0.2, 0.25) is 5.91 Å². The van der Waals surface area contributed by atoms with Crippen molar-refractivity contribution in [1.82, 2.24) is 14.7 Å². The second-order valence-electron chi connectivity index (χ2n) is 7.40. The zero-order chi connectivity index (χ0) is 20.1. The summed E-state index contributed by atoms with van der Waals surface area (Å²) in [6, 6.07) is 6.38. The molecule has 7 nitrogen and oxygen atoms in total. The molecule has 0 aromatic heterocycles. The normalized spacial score (nSPS) is 20.4. The van der Waals surface area contributed by atoms with Crippen LogP contribution in [0.25, 0.3) is 0 Å². The zero-order valence-electron chi connectivity index (χ0n) is 16.7. The van der Waals surface area contributed by atoms with Gasteiger partial charge in [-0.15, -0.1) is 0 Å². The van der Waals surface area contributed by atoms with Crippen LogP contribution >= 0.6 is 0 Å². The summed E-state index contributed by atoms with van der Waals surface area (Å²) < 4.78 is 5.28. The van der Waals surface area contributed by atoms with Crippen LogP contribution in [0.15, 0.2) is 24.3 Å². The summed E-state index contributed by atoms with van der Waals surface area (Å²) in [5, 5.41) is 0. The van der Waals surface area contributed by atoms with Crippen LogP contribution < -0.4 is 0 Å². The Hall–Kier alpha value is -2.41. The van der Waals surface area contributed by atoms with Crippen molar-refractivity contribution in [3.8, 4) is 0 Å². The molecule has 0 aliphatic carbocycles. The van der Waals surface area contributed by atoms with Crippen molar-refractivity contribution in [2.24, 2.45) is 0 Å². The number of unbranched alkanes of at least 4 members (excludes halogenated alkanes) is 1.